The summed E-state index contributed by atoms with van der Waals surface area (Å²) in [5.41, 5.74) is 1.97. The summed E-state index contributed by atoms with van der Waals surface area (Å²) in [4.78, 5) is 21.5. The molecule has 0 aromatic heterocycles. The molecule has 0 unspecified atom stereocenters. The van der Waals surface area contributed by atoms with Crippen LogP contribution in [0.3, 0.4) is 0 Å². The third kappa shape index (κ3) is 4.20. The minimum absolute atomic E-state index is 0.259. The van der Waals surface area contributed by atoms with E-state index in [0.717, 1.165) is 0 Å². The van der Waals surface area contributed by atoms with Crippen LogP contribution in [-0.4, -0.2) is 23.6 Å². The Kier molecular flexibility index (Phi) is 5.48. The second kappa shape index (κ2) is 5.84. The molecule has 0 saturated heterocycles. The van der Waals surface area contributed by atoms with Crippen molar-refractivity contribution in [1.29, 1.82) is 0 Å². The average molecular weight is 191 g/mol. The van der Waals surface area contributed by atoms with Crippen LogP contribution >= 0.6 is 12.6 Å². The topological polar surface area (TPSA) is 84.2 Å². The van der Waals surface area contributed by atoms with Crippen LogP contribution < -0.4 is 16.6 Å². The van der Waals surface area contributed by atoms with E-state index in [1.165, 1.54) is 6.92 Å². The van der Waals surface area contributed by atoms with Crippen LogP contribution in [0, 0.1) is 0 Å². The molecule has 2 amide bonds. The Balaban J connectivity index is 4.02. The minimum Gasteiger partial charge on any atom is -0.344 e. The number of hydrogen-bond donors (Lipinski definition) is 4. The number of nitrogens with two attached hydrogens (primary N) is 1. The molecule has 0 aliphatic carbocycles. The van der Waals surface area contributed by atoms with E-state index >= 15 is 0 Å². The van der Waals surface area contributed by atoms with Crippen molar-refractivity contribution in [2.24, 2.45) is 5.84 Å². The van der Waals surface area contributed by atoms with E-state index in [9.17, 15) is 9.59 Å². The first kappa shape index (κ1) is 11.2. The number of nitrogens with one attached hydrogen (secondary N) is 2. The van der Waals surface area contributed by atoms with Gasteiger partial charge in [-0.05, 0) is 12.2 Å². The molecule has 12 heavy (non-hydrogen) atoms. The first-order valence-corrected chi connectivity index (χ1v) is 4.13. The molecular formula is C6H13N3O2S. The second-order valence-corrected chi connectivity index (χ2v) is 2.72. The number of amides is 2. The normalized spacial score (nSPS) is 11.9. The largest absolute Gasteiger partial charge is 0.344 e. The van der Waals surface area contributed by atoms with Gasteiger partial charge < -0.3 is 5.32 Å². The first-order chi connectivity index (χ1) is 5.61. The zero-order valence-electron chi connectivity index (χ0n) is 6.83. The van der Waals surface area contributed by atoms with Crippen LogP contribution in [0.15, 0.2) is 0 Å². The Labute approximate surface area is 76.5 Å². The summed E-state index contributed by atoms with van der Waals surface area (Å²) in [7, 11) is 0. The first-order valence-electron chi connectivity index (χ1n) is 3.50. The van der Waals surface area contributed by atoms with Gasteiger partial charge in [-0.1, -0.05) is 0 Å². The van der Waals surface area contributed by atoms with Crippen LogP contribution in [0.2, 0.25) is 0 Å². The van der Waals surface area contributed by atoms with E-state index in [1.807, 2.05) is 5.43 Å². The highest BCUT2D eigenvalue weighted by atomic mass is 32.1. The maximum Gasteiger partial charge on any atom is 0.256 e. The summed E-state index contributed by atoms with van der Waals surface area (Å²) in [5, 5.41) is 2.45. The molecule has 0 heterocycles. The van der Waals surface area contributed by atoms with Gasteiger partial charge in [-0.3, -0.25) is 15.0 Å². The fraction of sp³-hybridized carbons (Fsp3) is 0.667. The lowest BCUT2D eigenvalue weighted by Gasteiger charge is -2.14. The quantitative estimate of drug-likeness (QED) is 0.195. The standard InChI is InChI=1S/C6H13N3O2S/c1-4(10)8-5(2-3-12)6(11)9-7/h5,12H,2-3,7H2,1H3,(H,8,10)(H,9,11)/t5-/m1/s1. The van der Waals surface area contributed by atoms with Crippen molar-refractivity contribution in [3.63, 3.8) is 0 Å². The fourth-order valence-electron chi connectivity index (χ4n) is 0.744. The lowest BCUT2D eigenvalue weighted by molar-refractivity contribution is -0.128. The SMILES string of the molecule is CC(=O)N[C@H](CCS)C(=O)NN. The van der Waals surface area contributed by atoms with Gasteiger partial charge in [0.15, 0.2) is 0 Å². The third-order valence-corrected chi connectivity index (χ3v) is 1.51. The van der Waals surface area contributed by atoms with Gasteiger partial charge in [0.05, 0.1) is 0 Å². The highest BCUT2D eigenvalue weighted by Crippen LogP contribution is 1.93. The van der Waals surface area contributed by atoms with Gasteiger partial charge in [0.1, 0.15) is 6.04 Å². The molecule has 4 N–H and O–H groups in total. The van der Waals surface area contributed by atoms with Crippen LogP contribution in [0.5, 0.6) is 0 Å². The van der Waals surface area contributed by atoms with Crippen molar-refractivity contribution < 1.29 is 9.59 Å². The highest BCUT2D eigenvalue weighted by molar-refractivity contribution is 7.80. The van der Waals surface area contributed by atoms with E-state index in [-0.39, 0.29) is 5.91 Å². The summed E-state index contributed by atoms with van der Waals surface area (Å²) in [5.74, 6) is 4.75. The number of rotatable bonds is 4. The van der Waals surface area contributed by atoms with Crippen molar-refractivity contribution in [1.82, 2.24) is 10.7 Å². The molecule has 0 aromatic rings. The van der Waals surface area contributed by atoms with Gasteiger partial charge in [-0.15, -0.1) is 0 Å². The monoisotopic (exact) mass is 191 g/mol. The van der Waals surface area contributed by atoms with Gasteiger partial charge in [-0.25, -0.2) is 5.84 Å². The zero-order valence-corrected chi connectivity index (χ0v) is 7.73. The molecule has 0 fully saturated rings. The Morgan fingerprint density at radius 1 is 1.58 bits per heavy atom. The maximum absolute atomic E-state index is 11.0. The fourth-order valence-corrected chi connectivity index (χ4v) is 1.00. The number of carbonyl (C=O) groups is 2. The molecule has 0 rings (SSSR count). The van der Waals surface area contributed by atoms with Crippen molar-refractivity contribution in [2.45, 2.75) is 19.4 Å². The molecule has 5 nitrogen and oxygen atoms in total. The summed E-state index contributed by atoms with van der Waals surface area (Å²) in [6.45, 7) is 1.34. The average Bonchev–Trinajstić information content (AvgIpc) is 2.01. The molecule has 0 aromatic carbocycles. The molecule has 6 heteroatoms. The molecule has 0 aliphatic rings. The van der Waals surface area contributed by atoms with Crippen LogP contribution in [0.25, 0.3) is 0 Å². The van der Waals surface area contributed by atoms with Gasteiger partial charge in [0.25, 0.3) is 5.91 Å². The Hall–Kier alpha value is -0.750. The molecule has 70 valence electrons. The van der Waals surface area contributed by atoms with E-state index < -0.39 is 11.9 Å². The van der Waals surface area contributed by atoms with E-state index in [0.29, 0.717) is 12.2 Å². The zero-order chi connectivity index (χ0) is 9.56. The Bertz CT molecular complexity index is 174. The van der Waals surface area contributed by atoms with Crippen LogP contribution in [-0.2, 0) is 9.59 Å². The molecular weight excluding hydrogens is 178 g/mol. The lowest BCUT2D eigenvalue weighted by atomic mass is 10.2. The lowest BCUT2D eigenvalue weighted by Crippen LogP contribution is -2.48. The van der Waals surface area contributed by atoms with Crippen molar-refractivity contribution >= 4 is 24.4 Å². The number of carbonyl (C=O) groups excluding carboxylic acids is 2. The molecule has 0 bridgehead atoms. The second-order valence-electron chi connectivity index (χ2n) is 2.27. The molecule has 0 radical (unpaired) electrons. The van der Waals surface area contributed by atoms with Crippen molar-refractivity contribution in [3.05, 3.63) is 0 Å². The number of hydrazine groups is 1. The number of hydrogen-bond acceptors (Lipinski definition) is 4. The van der Waals surface area contributed by atoms with Gasteiger partial charge in [-0.2, -0.15) is 12.6 Å². The minimum atomic E-state index is -0.579. The molecule has 1 atom stereocenters. The summed E-state index contributed by atoms with van der Waals surface area (Å²) in [6, 6.07) is -0.579. The molecule has 0 aliphatic heterocycles. The van der Waals surface area contributed by atoms with Crippen molar-refractivity contribution in [3.8, 4) is 0 Å². The van der Waals surface area contributed by atoms with Gasteiger partial charge in [0.2, 0.25) is 5.91 Å². The third-order valence-electron chi connectivity index (χ3n) is 1.25. The predicted octanol–water partition coefficient (Wildman–Crippen LogP) is -1.20. The van der Waals surface area contributed by atoms with Crippen LogP contribution in [0.1, 0.15) is 13.3 Å². The van der Waals surface area contributed by atoms with E-state index in [1.54, 1.807) is 0 Å². The Morgan fingerprint density at radius 2 is 2.17 bits per heavy atom. The van der Waals surface area contributed by atoms with Crippen LogP contribution in [0.4, 0.5) is 0 Å². The van der Waals surface area contributed by atoms with Gasteiger partial charge in [0, 0.05) is 6.92 Å². The summed E-state index contributed by atoms with van der Waals surface area (Å²) >= 11 is 3.94. The predicted molar refractivity (Wildman–Crippen MR) is 48.4 cm³/mol. The number of thiol groups is 1. The van der Waals surface area contributed by atoms with E-state index in [4.69, 9.17) is 5.84 Å². The maximum atomic E-state index is 11.0. The Morgan fingerprint density at radius 3 is 2.50 bits per heavy atom. The molecule has 0 saturated carbocycles. The smallest absolute Gasteiger partial charge is 0.256 e. The van der Waals surface area contributed by atoms with Crippen molar-refractivity contribution in [2.75, 3.05) is 5.75 Å². The summed E-state index contributed by atoms with van der Waals surface area (Å²) in [6.07, 6.45) is 0.464. The summed E-state index contributed by atoms with van der Waals surface area (Å²) < 4.78 is 0. The van der Waals surface area contributed by atoms with Gasteiger partial charge >= 0.3 is 0 Å². The highest BCUT2D eigenvalue weighted by Gasteiger charge is 2.16. The van der Waals surface area contributed by atoms with E-state index in [2.05, 4.69) is 17.9 Å². The molecule has 0 spiro atoms.